The molecule has 0 aromatic heterocycles. The van der Waals surface area contributed by atoms with Gasteiger partial charge in [-0.05, 0) is 45.7 Å². The van der Waals surface area contributed by atoms with Gasteiger partial charge in [0, 0.05) is 50.6 Å². The summed E-state index contributed by atoms with van der Waals surface area (Å²) in [5.41, 5.74) is 0.317. The summed E-state index contributed by atoms with van der Waals surface area (Å²) in [6.45, 7) is 6.10. The smallest absolute Gasteiger partial charge is 0.220 e. The highest BCUT2D eigenvalue weighted by atomic mass is 16.1. The molecule has 2 N–H and O–H groups in total. The number of guanidine groups is 1. The van der Waals surface area contributed by atoms with Crippen molar-refractivity contribution in [2.45, 2.75) is 57.4 Å². The maximum atomic E-state index is 11.8. The zero-order valence-corrected chi connectivity index (χ0v) is 17.1. The molecule has 26 heavy (non-hydrogen) atoms. The van der Waals surface area contributed by atoms with E-state index in [2.05, 4.69) is 46.4 Å². The monoisotopic (exact) mass is 363 g/mol. The second-order valence-electron chi connectivity index (χ2n) is 9.20. The predicted octanol–water partition coefficient (Wildman–Crippen LogP) is 1.67. The first kappa shape index (κ1) is 19.5. The highest BCUT2D eigenvalue weighted by molar-refractivity contribution is 5.81. The van der Waals surface area contributed by atoms with Crippen molar-refractivity contribution in [2.75, 3.05) is 47.3 Å². The molecule has 1 spiro atoms. The highest BCUT2D eigenvalue weighted by Crippen LogP contribution is 2.37. The maximum absolute atomic E-state index is 11.8. The van der Waals surface area contributed by atoms with E-state index in [4.69, 9.17) is 0 Å². The molecule has 6 heteroatoms. The number of piperidine rings is 1. The largest absolute Gasteiger partial charge is 0.355 e. The molecular formula is C20H37N5O. The SMILES string of the molecule is CN=C(NCC1(N(C)C)CCCC(C)C1)N1CCCC2(CNC(=O)C2)C1. The number of carbonyl (C=O) groups is 1. The van der Waals surface area contributed by atoms with Gasteiger partial charge in [0.15, 0.2) is 5.96 Å². The fourth-order valence-electron chi connectivity index (χ4n) is 5.36. The van der Waals surface area contributed by atoms with E-state index in [1.54, 1.807) is 0 Å². The number of nitrogens with one attached hydrogen (secondary N) is 2. The normalized spacial score (nSPS) is 35.9. The molecular weight excluding hydrogens is 326 g/mol. The van der Waals surface area contributed by atoms with E-state index in [-0.39, 0.29) is 16.9 Å². The maximum Gasteiger partial charge on any atom is 0.220 e. The molecule has 148 valence electrons. The molecule has 1 amide bonds. The first-order chi connectivity index (χ1) is 12.4. The van der Waals surface area contributed by atoms with Crippen molar-refractivity contribution in [3.8, 4) is 0 Å². The van der Waals surface area contributed by atoms with Crippen molar-refractivity contribution < 1.29 is 4.79 Å². The second-order valence-corrected chi connectivity index (χ2v) is 9.20. The van der Waals surface area contributed by atoms with Crippen LogP contribution in [0.5, 0.6) is 0 Å². The van der Waals surface area contributed by atoms with E-state index >= 15 is 0 Å². The number of likely N-dealkylation sites (tertiary alicyclic amines) is 1. The lowest BCUT2D eigenvalue weighted by Gasteiger charge is -2.46. The van der Waals surface area contributed by atoms with Gasteiger partial charge in [-0.15, -0.1) is 0 Å². The van der Waals surface area contributed by atoms with Gasteiger partial charge in [0.25, 0.3) is 0 Å². The van der Waals surface area contributed by atoms with Crippen LogP contribution in [-0.4, -0.2) is 74.5 Å². The molecule has 0 aromatic carbocycles. The van der Waals surface area contributed by atoms with Gasteiger partial charge in [0.2, 0.25) is 5.91 Å². The van der Waals surface area contributed by atoms with E-state index in [0.29, 0.717) is 6.42 Å². The molecule has 0 bridgehead atoms. The van der Waals surface area contributed by atoms with Crippen molar-refractivity contribution in [3.05, 3.63) is 0 Å². The van der Waals surface area contributed by atoms with E-state index in [9.17, 15) is 4.79 Å². The molecule has 3 unspecified atom stereocenters. The van der Waals surface area contributed by atoms with Gasteiger partial charge in [0.05, 0.1) is 0 Å². The minimum Gasteiger partial charge on any atom is -0.355 e. The molecule has 3 aliphatic rings. The van der Waals surface area contributed by atoms with E-state index in [1.165, 1.54) is 25.7 Å². The molecule has 0 radical (unpaired) electrons. The molecule has 6 nitrogen and oxygen atoms in total. The summed E-state index contributed by atoms with van der Waals surface area (Å²) in [6.07, 6.45) is 8.08. The lowest BCUT2D eigenvalue weighted by Crippen LogP contribution is -2.58. The Morgan fingerprint density at radius 1 is 1.38 bits per heavy atom. The fourth-order valence-corrected chi connectivity index (χ4v) is 5.36. The van der Waals surface area contributed by atoms with Crippen molar-refractivity contribution in [1.82, 2.24) is 20.4 Å². The third kappa shape index (κ3) is 4.00. The number of hydrogen-bond acceptors (Lipinski definition) is 3. The Morgan fingerprint density at radius 2 is 2.19 bits per heavy atom. The lowest BCUT2D eigenvalue weighted by atomic mass is 9.75. The number of aliphatic imine (C=N–C) groups is 1. The van der Waals surface area contributed by atoms with Crippen LogP contribution in [0.15, 0.2) is 4.99 Å². The van der Waals surface area contributed by atoms with Gasteiger partial charge < -0.3 is 20.4 Å². The number of hydrogen-bond donors (Lipinski definition) is 2. The number of rotatable bonds is 3. The van der Waals surface area contributed by atoms with E-state index in [0.717, 1.165) is 50.9 Å². The highest BCUT2D eigenvalue weighted by Gasteiger charge is 2.43. The summed E-state index contributed by atoms with van der Waals surface area (Å²) < 4.78 is 0. The summed E-state index contributed by atoms with van der Waals surface area (Å²) in [5, 5.41) is 6.73. The predicted molar refractivity (Wildman–Crippen MR) is 106 cm³/mol. The topological polar surface area (TPSA) is 60.0 Å². The van der Waals surface area contributed by atoms with Gasteiger partial charge in [-0.1, -0.05) is 19.8 Å². The number of carbonyl (C=O) groups excluding carboxylic acids is 1. The summed E-state index contributed by atoms with van der Waals surface area (Å²) in [4.78, 5) is 21.1. The zero-order valence-electron chi connectivity index (χ0n) is 17.1. The molecule has 3 atom stereocenters. The van der Waals surface area contributed by atoms with Gasteiger partial charge >= 0.3 is 0 Å². The standard InChI is InChI=1S/C20H37N5O/c1-16-7-5-9-20(11-16,24(3)4)14-23-18(21-2)25-10-6-8-19(15-25)12-17(26)22-13-19/h16H,5-15H2,1-4H3,(H,21,23)(H,22,26). The van der Waals surface area contributed by atoms with Crippen molar-refractivity contribution >= 4 is 11.9 Å². The van der Waals surface area contributed by atoms with Crippen LogP contribution < -0.4 is 10.6 Å². The summed E-state index contributed by atoms with van der Waals surface area (Å²) in [6, 6.07) is 0. The Labute approximate surface area is 158 Å². The number of likely N-dealkylation sites (N-methyl/N-ethyl adjacent to an activating group) is 1. The Morgan fingerprint density at radius 3 is 2.81 bits per heavy atom. The Kier molecular flexibility index (Phi) is 5.80. The Hall–Kier alpha value is -1.30. The zero-order chi connectivity index (χ0) is 18.8. The average molecular weight is 364 g/mol. The fraction of sp³-hybridized carbons (Fsp3) is 0.900. The van der Waals surface area contributed by atoms with Gasteiger partial charge in [-0.25, -0.2) is 0 Å². The quantitative estimate of drug-likeness (QED) is 0.592. The van der Waals surface area contributed by atoms with Crippen LogP contribution in [0.1, 0.15) is 51.9 Å². The molecule has 3 fully saturated rings. The lowest BCUT2D eigenvalue weighted by molar-refractivity contribution is -0.119. The molecule has 2 saturated heterocycles. The van der Waals surface area contributed by atoms with E-state index in [1.807, 2.05) is 7.05 Å². The van der Waals surface area contributed by atoms with Gasteiger partial charge in [0.1, 0.15) is 0 Å². The third-order valence-electron chi connectivity index (χ3n) is 6.96. The van der Waals surface area contributed by atoms with Gasteiger partial charge in [-0.2, -0.15) is 0 Å². The minimum absolute atomic E-state index is 0.103. The van der Waals surface area contributed by atoms with Crippen LogP contribution in [-0.2, 0) is 4.79 Å². The minimum atomic E-state index is 0.103. The average Bonchev–Trinajstić information content (AvgIpc) is 2.95. The van der Waals surface area contributed by atoms with Crippen molar-refractivity contribution in [1.29, 1.82) is 0 Å². The van der Waals surface area contributed by atoms with Crippen molar-refractivity contribution in [2.24, 2.45) is 16.3 Å². The van der Waals surface area contributed by atoms with Crippen LogP contribution in [0, 0.1) is 11.3 Å². The first-order valence-corrected chi connectivity index (χ1v) is 10.3. The van der Waals surface area contributed by atoms with Crippen LogP contribution >= 0.6 is 0 Å². The molecule has 1 saturated carbocycles. The molecule has 0 aromatic rings. The Bertz CT molecular complexity index is 548. The first-order valence-electron chi connectivity index (χ1n) is 10.3. The molecule has 3 rings (SSSR count). The summed E-state index contributed by atoms with van der Waals surface area (Å²) in [7, 11) is 6.32. The molecule has 2 aliphatic heterocycles. The molecule has 1 aliphatic carbocycles. The number of nitrogens with zero attached hydrogens (tertiary/aromatic N) is 3. The number of amides is 1. The summed E-state index contributed by atoms with van der Waals surface area (Å²) in [5.74, 6) is 1.99. The third-order valence-corrected chi connectivity index (χ3v) is 6.96. The Balaban J connectivity index is 1.64. The van der Waals surface area contributed by atoms with Gasteiger partial charge in [-0.3, -0.25) is 9.79 Å². The van der Waals surface area contributed by atoms with Crippen LogP contribution in [0.2, 0.25) is 0 Å². The van der Waals surface area contributed by atoms with Crippen molar-refractivity contribution in [3.63, 3.8) is 0 Å². The van der Waals surface area contributed by atoms with Crippen LogP contribution in [0.3, 0.4) is 0 Å². The molecule has 2 heterocycles. The summed E-state index contributed by atoms with van der Waals surface area (Å²) >= 11 is 0. The van der Waals surface area contributed by atoms with Crippen LogP contribution in [0.25, 0.3) is 0 Å². The second kappa shape index (κ2) is 7.75. The van der Waals surface area contributed by atoms with E-state index < -0.39 is 0 Å². The van der Waals surface area contributed by atoms with Crippen LogP contribution in [0.4, 0.5) is 0 Å².